The van der Waals surface area contributed by atoms with Gasteiger partial charge in [0.1, 0.15) is 0 Å². The highest BCUT2D eigenvalue weighted by Gasteiger charge is 2.13. The highest BCUT2D eigenvalue weighted by atomic mass is 32.1. The molecule has 0 unspecified atom stereocenters. The van der Waals surface area contributed by atoms with Crippen LogP contribution in [-0.4, -0.2) is 22.1 Å². The van der Waals surface area contributed by atoms with E-state index in [1.807, 2.05) is 44.2 Å². The lowest BCUT2D eigenvalue weighted by molar-refractivity contribution is 0.0496. The Morgan fingerprint density at radius 1 is 1.30 bits per heavy atom. The number of carbonyl (C=O) groups excluding carboxylic acids is 1. The molecule has 0 spiro atoms. The zero-order valence-corrected chi connectivity index (χ0v) is 13.9. The van der Waals surface area contributed by atoms with Crippen LogP contribution < -0.4 is 5.69 Å². The summed E-state index contributed by atoms with van der Waals surface area (Å²) in [6, 6.07) is 9.40. The molecule has 0 bridgehead atoms. The highest BCUT2D eigenvalue weighted by Crippen LogP contribution is 2.21. The van der Waals surface area contributed by atoms with Gasteiger partial charge in [-0.15, -0.1) is 11.3 Å². The van der Waals surface area contributed by atoms with Crippen LogP contribution in [0.25, 0.3) is 11.0 Å². The summed E-state index contributed by atoms with van der Waals surface area (Å²) in [5, 5.41) is 0. The second-order valence-electron chi connectivity index (χ2n) is 5.42. The normalized spacial score (nSPS) is 11.0. The number of hydrogen-bond donors (Lipinski definition) is 1. The zero-order valence-electron chi connectivity index (χ0n) is 13.1. The second kappa shape index (κ2) is 6.42. The number of para-hydroxylation sites is 2. The minimum Gasteiger partial charge on any atom is -0.462 e. The van der Waals surface area contributed by atoms with E-state index in [4.69, 9.17) is 4.74 Å². The smallest absolute Gasteiger partial charge is 0.339 e. The van der Waals surface area contributed by atoms with Gasteiger partial charge in [-0.05, 0) is 38.5 Å². The molecule has 120 valence electrons. The molecule has 0 aliphatic heterocycles. The van der Waals surface area contributed by atoms with Crippen molar-refractivity contribution in [2.45, 2.75) is 26.8 Å². The van der Waals surface area contributed by atoms with Gasteiger partial charge in [0, 0.05) is 16.3 Å². The van der Waals surface area contributed by atoms with Crippen molar-refractivity contribution < 1.29 is 9.53 Å². The number of benzene rings is 1. The molecule has 23 heavy (non-hydrogen) atoms. The number of fused-ring (bicyclic) bond motifs is 1. The van der Waals surface area contributed by atoms with Gasteiger partial charge in [-0.1, -0.05) is 12.1 Å². The monoisotopic (exact) mass is 330 g/mol. The Balaban J connectivity index is 1.59. The third-order valence-electron chi connectivity index (χ3n) is 3.70. The Morgan fingerprint density at radius 2 is 2.09 bits per heavy atom. The van der Waals surface area contributed by atoms with Crippen molar-refractivity contribution >= 4 is 28.3 Å². The van der Waals surface area contributed by atoms with Crippen molar-refractivity contribution in [3.05, 3.63) is 56.1 Å². The molecule has 3 rings (SSSR count). The number of H-pyrrole nitrogens is 1. The fourth-order valence-electron chi connectivity index (χ4n) is 2.63. The summed E-state index contributed by atoms with van der Waals surface area (Å²) in [4.78, 5) is 28.8. The number of ether oxygens (including phenoxy) is 1. The molecule has 3 aromatic rings. The molecule has 5 nitrogen and oxygen atoms in total. The van der Waals surface area contributed by atoms with Gasteiger partial charge in [-0.2, -0.15) is 0 Å². The van der Waals surface area contributed by atoms with Gasteiger partial charge in [0.2, 0.25) is 0 Å². The first-order valence-corrected chi connectivity index (χ1v) is 8.29. The average Bonchev–Trinajstić information content (AvgIpc) is 3.02. The minimum absolute atomic E-state index is 0.137. The molecule has 0 amide bonds. The van der Waals surface area contributed by atoms with Crippen LogP contribution in [0.3, 0.4) is 0 Å². The predicted molar refractivity (Wildman–Crippen MR) is 91.3 cm³/mol. The van der Waals surface area contributed by atoms with E-state index in [1.54, 1.807) is 15.9 Å². The summed E-state index contributed by atoms with van der Waals surface area (Å²) >= 11 is 1.59. The van der Waals surface area contributed by atoms with E-state index >= 15 is 0 Å². The number of hydrogen-bond acceptors (Lipinski definition) is 4. The van der Waals surface area contributed by atoms with Crippen molar-refractivity contribution in [1.29, 1.82) is 0 Å². The van der Waals surface area contributed by atoms with Gasteiger partial charge in [-0.3, -0.25) is 4.57 Å². The summed E-state index contributed by atoms with van der Waals surface area (Å²) < 4.78 is 6.98. The molecule has 2 aromatic heterocycles. The largest absolute Gasteiger partial charge is 0.462 e. The second-order valence-corrected chi connectivity index (χ2v) is 6.88. The number of nitrogens with one attached hydrogen (secondary N) is 1. The van der Waals surface area contributed by atoms with E-state index in [0.29, 0.717) is 25.1 Å². The van der Waals surface area contributed by atoms with Gasteiger partial charge in [0.25, 0.3) is 0 Å². The zero-order chi connectivity index (χ0) is 16.4. The van der Waals surface area contributed by atoms with E-state index in [1.165, 1.54) is 0 Å². The molecule has 1 N–H and O–H groups in total. The standard InChI is InChI=1S/C17H18N2O3S/c1-11-10-13(12(2)23-11)16(20)22-9-5-8-19-15-7-4-3-6-14(15)18-17(19)21/h3-4,6-7,10H,5,8-9H2,1-2H3,(H,18,21). The molecule has 0 aliphatic rings. The first kappa shape index (κ1) is 15.6. The van der Waals surface area contributed by atoms with Crippen LogP contribution in [0.2, 0.25) is 0 Å². The number of rotatable bonds is 5. The Hall–Kier alpha value is -2.34. The maximum atomic E-state index is 12.0. The highest BCUT2D eigenvalue weighted by molar-refractivity contribution is 7.12. The van der Waals surface area contributed by atoms with Crippen molar-refractivity contribution in [3.8, 4) is 0 Å². The van der Waals surface area contributed by atoms with Crippen LogP contribution >= 0.6 is 11.3 Å². The maximum Gasteiger partial charge on any atom is 0.339 e. The van der Waals surface area contributed by atoms with Crippen LogP contribution in [0.4, 0.5) is 0 Å². The first-order chi connectivity index (χ1) is 11.1. The van der Waals surface area contributed by atoms with Gasteiger partial charge in [0.15, 0.2) is 0 Å². The minimum atomic E-state index is -0.293. The quantitative estimate of drug-likeness (QED) is 0.577. The van der Waals surface area contributed by atoms with Crippen LogP contribution in [-0.2, 0) is 11.3 Å². The predicted octanol–water partition coefficient (Wildman–Crippen LogP) is 3.26. The molecular weight excluding hydrogens is 312 g/mol. The summed E-state index contributed by atoms with van der Waals surface area (Å²) in [5.74, 6) is -0.293. The van der Waals surface area contributed by atoms with E-state index in [-0.39, 0.29) is 11.7 Å². The number of nitrogens with zero attached hydrogens (tertiary/aromatic N) is 1. The summed E-state index contributed by atoms with van der Waals surface area (Å²) in [6.45, 7) is 4.69. The number of aryl methyl sites for hydroxylation is 3. The fraction of sp³-hybridized carbons (Fsp3) is 0.294. The third-order valence-corrected chi connectivity index (χ3v) is 4.67. The Bertz CT molecular complexity index is 904. The van der Waals surface area contributed by atoms with Gasteiger partial charge >= 0.3 is 11.7 Å². The molecule has 0 saturated heterocycles. The van der Waals surface area contributed by atoms with Gasteiger partial charge in [0.05, 0.1) is 23.2 Å². The molecular formula is C17H18N2O3S. The number of carbonyl (C=O) groups is 1. The SMILES string of the molecule is Cc1cc(C(=O)OCCCn2c(=O)[nH]c3ccccc32)c(C)s1. The molecule has 0 saturated carbocycles. The third kappa shape index (κ3) is 3.22. The molecule has 0 aliphatic carbocycles. The topological polar surface area (TPSA) is 64.1 Å². The lowest BCUT2D eigenvalue weighted by atomic mass is 10.2. The van der Waals surface area contributed by atoms with Gasteiger partial charge < -0.3 is 9.72 Å². The van der Waals surface area contributed by atoms with E-state index in [9.17, 15) is 9.59 Å². The van der Waals surface area contributed by atoms with Crippen molar-refractivity contribution in [3.63, 3.8) is 0 Å². The van der Waals surface area contributed by atoms with E-state index < -0.39 is 0 Å². The number of aromatic nitrogens is 2. The van der Waals surface area contributed by atoms with Crippen molar-refractivity contribution in [2.24, 2.45) is 0 Å². The molecule has 2 heterocycles. The number of aromatic amines is 1. The summed E-state index contributed by atoms with van der Waals surface area (Å²) in [7, 11) is 0. The molecule has 1 aromatic carbocycles. The molecule has 6 heteroatoms. The van der Waals surface area contributed by atoms with Crippen molar-refractivity contribution in [1.82, 2.24) is 9.55 Å². The lowest BCUT2D eigenvalue weighted by Gasteiger charge is -2.05. The van der Waals surface area contributed by atoms with E-state index in [2.05, 4.69) is 4.98 Å². The Labute approximate surface area is 137 Å². The number of imidazole rings is 1. The molecule has 0 fully saturated rings. The maximum absolute atomic E-state index is 12.0. The van der Waals surface area contributed by atoms with E-state index in [0.717, 1.165) is 20.8 Å². The number of esters is 1. The molecule has 0 radical (unpaired) electrons. The Kier molecular flexibility index (Phi) is 4.34. The van der Waals surface area contributed by atoms with Crippen molar-refractivity contribution in [2.75, 3.05) is 6.61 Å². The van der Waals surface area contributed by atoms with Crippen LogP contribution in [0.1, 0.15) is 26.5 Å². The van der Waals surface area contributed by atoms with Crippen LogP contribution in [0, 0.1) is 13.8 Å². The van der Waals surface area contributed by atoms with Gasteiger partial charge in [-0.25, -0.2) is 9.59 Å². The summed E-state index contributed by atoms with van der Waals surface area (Å²) in [6.07, 6.45) is 0.593. The van der Waals surface area contributed by atoms with Crippen LogP contribution in [0.15, 0.2) is 35.1 Å². The molecule has 0 atom stereocenters. The van der Waals surface area contributed by atoms with Crippen LogP contribution in [0.5, 0.6) is 0 Å². The first-order valence-electron chi connectivity index (χ1n) is 7.48. The lowest BCUT2D eigenvalue weighted by Crippen LogP contribution is -2.18. The fourth-order valence-corrected chi connectivity index (χ4v) is 3.54. The average molecular weight is 330 g/mol. The summed E-state index contributed by atoms with van der Waals surface area (Å²) in [5.41, 5.74) is 2.19. The Morgan fingerprint density at radius 3 is 2.83 bits per heavy atom. The number of thiophene rings is 1.